The van der Waals surface area contributed by atoms with Crippen molar-refractivity contribution in [3.63, 3.8) is 0 Å². The highest BCUT2D eigenvalue weighted by Crippen LogP contribution is 2.36. The van der Waals surface area contributed by atoms with Crippen LogP contribution in [0, 0.1) is 5.92 Å². The fourth-order valence-electron chi connectivity index (χ4n) is 3.67. The smallest absolute Gasteiger partial charge is 0.0741 e. The van der Waals surface area contributed by atoms with Gasteiger partial charge in [-0.1, -0.05) is 17.7 Å². The lowest BCUT2D eigenvalue weighted by Gasteiger charge is -2.46. The molecule has 0 aromatic heterocycles. The van der Waals surface area contributed by atoms with Gasteiger partial charge >= 0.3 is 0 Å². The summed E-state index contributed by atoms with van der Waals surface area (Å²) in [5, 5.41) is 0.667. The van der Waals surface area contributed by atoms with Crippen molar-refractivity contribution in [2.24, 2.45) is 5.92 Å². The van der Waals surface area contributed by atoms with Crippen molar-refractivity contribution in [2.45, 2.75) is 25.3 Å². The molecule has 2 fully saturated rings. The number of para-hydroxylation sites is 1. The minimum Gasteiger partial charge on any atom is -0.396 e. The highest BCUT2D eigenvalue weighted by Gasteiger charge is 2.34. The molecule has 0 saturated carbocycles. The second kappa shape index (κ2) is 5.22. The van der Waals surface area contributed by atoms with E-state index in [4.69, 9.17) is 17.3 Å². The van der Waals surface area contributed by atoms with E-state index >= 15 is 0 Å². The second-order valence-electron chi connectivity index (χ2n) is 5.86. The second-order valence-corrected chi connectivity index (χ2v) is 6.26. The van der Waals surface area contributed by atoms with E-state index < -0.39 is 0 Å². The molecular weight excluding hydrogens is 258 g/mol. The van der Waals surface area contributed by atoms with Gasteiger partial charge in [-0.3, -0.25) is 0 Å². The number of halogens is 1. The number of nitrogens with zero attached hydrogens (tertiary/aromatic N) is 2. The number of nitrogens with two attached hydrogens (primary N) is 1. The van der Waals surface area contributed by atoms with Crippen LogP contribution in [0.4, 0.5) is 11.4 Å². The lowest BCUT2D eigenvalue weighted by Crippen LogP contribution is -2.52. The van der Waals surface area contributed by atoms with Crippen LogP contribution in [-0.2, 0) is 0 Å². The van der Waals surface area contributed by atoms with Gasteiger partial charge < -0.3 is 15.5 Å². The summed E-state index contributed by atoms with van der Waals surface area (Å²) in [7, 11) is 2.26. The molecule has 0 radical (unpaired) electrons. The highest BCUT2D eigenvalue weighted by atomic mass is 35.5. The summed E-state index contributed by atoms with van der Waals surface area (Å²) in [6.07, 6.45) is 3.88. The zero-order valence-electron chi connectivity index (χ0n) is 11.5. The average Bonchev–Trinajstić information content (AvgIpc) is 2.42. The molecule has 1 aromatic rings. The SMILES string of the molecule is CN1CCCC2CN(c3cccc(Cl)c3N)CCC21. The monoisotopic (exact) mass is 279 g/mol. The molecule has 19 heavy (non-hydrogen) atoms. The van der Waals surface area contributed by atoms with Crippen LogP contribution in [-0.4, -0.2) is 37.6 Å². The maximum absolute atomic E-state index is 6.13. The summed E-state index contributed by atoms with van der Waals surface area (Å²) in [6.45, 7) is 3.44. The molecule has 3 nitrogen and oxygen atoms in total. The Kier molecular flexibility index (Phi) is 3.59. The predicted molar refractivity (Wildman–Crippen MR) is 81.8 cm³/mol. The van der Waals surface area contributed by atoms with Crippen LogP contribution in [0.25, 0.3) is 0 Å². The summed E-state index contributed by atoms with van der Waals surface area (Å²) < 4.78 is 0. The molecule has 2 heterocycles. The highest BCUT2D eigenvalue weighted by molar-refractivity contribution is 6.33. The maximum Gasteiger partial charge on any atom is 0.0741 e. The lowest BCUT2D eigenvalue weighted by atomic mass is 9.84. The van der Waals surface area contributed by atoms with E-state index in [0.29, 0.717) is 5.02 Å². The van der Waals surface area contributed by atoms with Gasteiger partial charge in [0.05, 0.1) is 16.4 Å². The van der Waals surface area contributed by atoms with Crippen molar-refractivity contribution in [1.82, 2.24) is 4.90 Å². The molecule has 2 aliphatic rings. The van der Waals surface area contributed by atoms with E-state index in [-0.39, 0.29) is 0 Å². The first-order valence-corrected chi connectivity index (χ1v) is 7.54. The Morgan fingerprint density at radius 3 is 2.95 bits per heavy atom. The Labute approximate surface area is 120 Å². The molecule has 2 aliphatic heterocycles. The van der Waals surface area contributed by atoms with Gasteiger partial charge in [-0.05, 0) is 50.9 Å². The van der Waals surface area contributed by atoms with E-state index in [2.05, 4.69) is 22.9 Å². The summed E-state index contributed by atoms with van der Waals surface area (Å²) in [5.41, 5.74) is 7.96. The molecule has 1 aromatic carbocycles. The van der Waals surface area contributed by atoms with Gasteiger partial charge in [0.25, 0.3) is 0 Å². The van der Waals surface area contributed by atoms with Crippen LogP contribution >= 0.6 is 11.6 Å². The van der Waals surface area contributed by atoms with Crippen LogP contribution < -0.4 is 10.6 Å². The predicted octanol–water partition coefficient (Wildman–Crippen LogP) is 2.84. The van der Waals surface area contributed by atoms with Crippen LogP contribution in [0.15, 0.2) is 18.2 Å². The van der Waals surface area contributed by atoms with Crippen LogP contribution in [0.5, 0.6) is 0 Å². The van der Waals surface area contributed by atoms with Crippen molar-refractivity contribution in [1.29, 1.82) is 0 Å². The van der Waals surface area contributed by atoms with Crippen LogP contribution in [0.3, 0.4) is 0 Å². The molecule has 104 valence electrons. The van der Waals surface area contributed by atoms with E-state index in [0.717, 1.165) is 36.4 Å². The molecule has 0 spiro atoms. The molecule has 2 N–H and O–H groups in total. The molecule has 3 rings (SSSR count). The number of hydrogen-bond acceptors (Lipinski definition) is 3. The number of likely N-dealkylation sites (tertiary alicyclic amines) is 1. The zero-order chi connectivity index (χ0) is 13.4. The number of benzene rings is 1. The molecule has 4 heteroatoms. The Morgan fingerprint density at radius 2 is 2.11 bits per heavy atom. The van der Waals surface area contributed by atoms with E-state index in [1.165, 1.54) is 25.8 Å². The Balaban J connectivity index is 1.79. The van der Waals surface area contributed by atoms with Gasteiger partial charge in [-0.2, -0.15) is 0 Å². The molecule has 2 saturated heterocycles. The number of hydrogen-bond donors (Lipinski definition) is 1. The summed E-state index contributed by atoms with van der Waals surface area (Å²) >= 11 is 6.13. The van der Waals surface area contributed by atoms with Crippen molar-refractivity contribution in [3.8, 4) is 0 Å². The quantitative estimate of drug-likeness (QED) is 0.803. The maximum atomic E-state index is 6.13. The number of anilines is 2. The first kappa shape index (κ1) is 13.1. The molecule has 2 atom stereocenters. The fraction of sp³-hybridized carbons (Fsp3) is 0.600. The van der Waals surface area contributed by atoms with Gasteiger partial charge in [-0.25, -0.2) is 0 Å². The van der Waals surface area contributed by atoms with Gasteiger partial charge in [0.15, 0.2) is 0 Å². The molecular formula is C15H22ClN3. The summed E-state index contributed by atoms with van der Waals surface area (Å²) in [6, 6.07) is 6.70. The van der Waals surface area contributed by atoms with E-state index in [1.54, 1.807) is 0 Å². The first-order valence-electron chi connectivity index (χ1n) is 7.16. The van der Waals surface area contributed by atoms with Gasteiger partial charge in [0, 0.05) is 19.1 Å². The number of nitrogen functional groups attached to an aromatic ring is 1. The van der Waals surface area contributed by atoms with Gasteiger partial charge in [-0.15, -0.1) is 0 Å². The Hall–Kier alpha value is -0.930. The van der Waals surface area contributed by atoms with Crippen LogP contribution in [0.1, 0.15) is 19.3 Å². The molecule has 0 bridgehead atoms. The summed E-state index contributed by atoms with van der Waals surface area (Å²) in [4.78, 5) is 4.95. The zero-order valence-corrected chi connectivity index (χ0v) is 12.2. The van der Waals surface area contributed by atoms with Crippen molar-refractivity contribution in [3.05, 3.63) is 23.2 Å². The fourth-order valence-corrected chi connectivity index (χ4v) is 3.84. The minimum absolute atomic E-state index is 0.667. The topological polar surface area (TPSA) is 32.5 Å². The van der Waals surface area contributed by atoms with Crippen molar-refractivity contribution in [2.75, 3.05) is 37.3 Å². The third kappa shape index (κ3) is 2.41. The Morgan fingerprint density at radius 1 is 1.26 bits per heavy atom. The number of rotatable bonds is 1. The first-order chi connectivity index (χ1) is 9.16. The van der Waals surface area contributed by atoms with Crippen molar-refractivity contribution < 1.29 is 0 Å². The molecule has 2 unspecified atom stereocenters. The van der Waals surface area contributed by atoms with E-state index in [1.807, 2.05) is 12.1 Å². The van der Waals surface area contributed by atoms with Gasteiger partial charge in [0.1, 0.15) is 0 Å². The lowest BCUT2D eigenvalue weighted by molar-refractivity contribution is 0.102. The number of fused-ring (bicyclic) bond motifs is 1. The molecule has 0 aliphatic carbocycles. The minimum atomic E-state index is 0.667. The Bertz CT molecular complexity index is 463. The number of piperidine rings is 2. The molecule has 0 amide bonds. The average molecular weight is 280 g/mol. The third-order valence-electron chi connectivity index (χ3n) is 4.72. The largest absolute Gasteiger partial charge is 0.396 e. The van der Waals surface area contributed by atoms with Crippen LogP contribution in [0.2, 0.25) is 5.02 Å². The normalized spacial score (nSPS) is 28.2. The van der Waals surface area contributed by atoms with E-state index in [9.17, 15) is 0 Å². The third-order valence-corrected chi connectivity index (χ3v) is 5.05. The van der Waals surface area contributed by atoms with Crippen molar-refractivity contribution >= 4 is 23.0 Å². The summed E-state index contributed by atoms with van der Waals surface area (Å²) in [5.74, 6) is 0.769. The van der Waals surface area contributed by atoms with Gasteiger partial charge in [0.2, 0.25) is 0 Å². The standard InChI is InChI=1S/C15H22ClN3/c1-18-8-3-4-11-10-19(9-7-13(11)18)14-6-2-5-12(16)15(14)17/h2,5-6,11,13H,3-4,7-10,17H2,1H3.